The molecule has 0 bridgehead atoms. The van der Waals surface area contributed by atoms with E-state index in [4.69, 9.17) is 4.98 Å². The van der Waals surface area contributed by atoms with Crippen LogP contribution in [0.3, 0.4) is 0 Å². The van der Waals surface area contributed by atoms with Crippen LogP contribution in [0.5, 0.6) is 0 Å². The molecule has 1 aliphatic carbocycles. The monoisotopic (exact) mass is 362 g/mol. The molecule has 1 aliphatic heterocycles. The Bertz CT molecular complexity index is 826. The molecular weight excluding hydrogens is 332 g/mol. The second kappa shape index (κ2) is 6.49. The molecule has 4 rings (SSSR count). The van der Waals surface area contributed by atoms with E-state index in [1.54, 1.807) is 11.3 Å². The lowest BCUT2D eigenvalue weighted by atomic mass is 9.72. The van der Waals surface area contributed by atoms with Crippen molar-refractivity contribution in [2.24, 2.45) is 11.3 Å². The molecule has 0 amide bonds. The highest BCUT2D eigenvalue weighted by Gasteiger charge is 2.31. The van der Waals surface area contributed by atoms with Crippen molar-refractivity contribution >= 4 is 21.6 Å². The molecule has 1 saturated heterocycles. The molecule has 6 heteroatoms. The maximum absolute atomic E-state index is 12.7. The number of thiophene rings is 1. The number of aromatic amines is 1. The lowest BCUT2D eigenvalue weighted by molar-refractivity contribution is -0.958. The first-order valence-electron chi connectivity index (χ1n) is 9.60. The summed E-state index contributed by atoms with van der Waals surface area (Å²) < 4.78 is 0. The van der Waals surface area contributed by atoms with Gasteiger partial charge < -0.3 is 15.2 Å². The third kappa shape index (κ3) is 3.39. The molecule has 2 aliphatic rings. The predicted molar refractivity (Wildman–Crippen MR) is 101 cm³/mol. The van der Waals surface area contributed by atoms with Crippen LogP contribution in [0.2, 0.25) is 0 Å². The van der Waals surface area contributed by atoms with Gasteiger partial charge in [0.25, 0.3) is 5.56 Å². The fourth-order valence-electron chi connectivity index (χ4n) is 4.35. The number of H-pyrrole nitrogens is 1. The summed E-state index contributed by atoms with van der Waals surface area (Å²) in [6.07, 6.45) is 3.30. The van der Waals surface area contributed by atoms with Crippen LogP contribution in [0.15, 0.2) is 4.79 Å². The van der Waals surface area contributed by atoms with Gasteiger partial charge >= 0.3 is 0 Å². The number of aromatic nitrogens is 2. The van der Waals surface area contributed by atoms with E-state index in [9.17, 15) is 4.79 Å². The summed E-state index contributed by atoms with van der Waals surface area (Å²) in [4.78, 5) is 24.6. The Kier molecular flexibility index (Phi) is 4.46. The largest absolute Gasteiger partial charge is 0.337 e. The number of fused-ring (bicyclic) bond motifs is 3. The van der Waals surface area contributed by atoms with Crippen LogP contribution in [0.4, 0.5) is 0 Å². The highest BCUT2D eigenvalue weighted by Crippen LogP contribution is 2.41. The third-order valence-corrected chi connectivity index (χ3v) is 7.16. The minimum Gasteiger partial charge on any atom is -0.337 e. The van der Waals surface area contributed by atoms with E-state index < -0.39 is 0 Å². The maximum Gasteiger partial charge on any atom is 0.260 e. The number of nitrogens with two attached hydrogens (primary N) is 1. The normalized spacial score (nSPS) is 22.3. The second-order valence-electron chi connectivity index (χ2n) is 8.80. The molecule has 2 aromatic rings. The van der Waals surface area contributed by atoms with Crippen LogP contribution in [0, 0.1) is 11.3 Å². The number of nitrogens with zero attached hydrogens (tertiary/aromatic N) is 1. The van der Waals surface area contributed by atoms with Crippen LogP contribution in [-0.4, -0.2) is 36.1 Å². The zero-order valence-corrected chi connectivity index (χ0v) is 16.4. The maximum atomic E-state index is 12.7. The van der Waals surface area contributed by atoms with Gasteiger partial charge in [-0.25, -0.2) is 4.98 Å². The van der Waals surface area contributed by atoms with E-state index in [2.05, 4.69) is 31.1 Å². The van der Waals surface area contributed by atoms with E-state index in [0.29, 0.717) is 11.3 Å². The van der Waals surface area contributed by atoms with Gasteiger partial charge in [0.15, 0.2) is 5.82 Å². The molecule has 5 nitrogen and oxygen atoms in total. The molecule has 136 valence electrons. The van der Waals surface area contributed by atoms with E-state index in [1.807, 2.05) is 0 Å². The summed E-state index contributed by atoms with van der Waals surface area (Å²) in [6, 6.07) is 0. The number of hydrogen-bond acceptors (Lipinski definition) is 3. The van der Waals surface area contributed by atoms with Crippen molar-refractivity contribution in [2.75, 3.05) is 26.2 Å². The summed E-state index contributed by atoms with van der Waals surface area (Å²) in [5.41, 5.74) is 1.68. The number of rotatable bonds is 2. The van der Waals surface area contributed by atoms with Crippen LogP contribution in [-0.2, 0) is 19.4 Å². The summed E-state index contributed by atoms with van der Waals surface area (Å²) in [5, 5.41) is 3.24. The van der Waals surface area contributed by atoms with E-state index in [0.717, 1.165) is 48.5 Å². The predicted octanol–water partition coefficient (Wildman–Crippen LogP) is 0.0975. The van der Waals surface area contributed by atoms with Crippen molar-refractivity contribution in [3.8, 4) is 0 Å². The molecule has 0 aromatic carbocycles. The average molecular weight is 363 g/mol. The number of aryl methyl sites for hydroxylation is 1. The molecule has 0 radical (unpaired) electrons. The third-order valence-electron chi connectivity index (χ3n) is 6.01. The van der Waals surface area contributed by atoms with Gasteiger partial charge in [-0.1, -0.05) is 20.8 Å². The quantitative estimate of drug-likeness (QED) is 0.709. The first-order chi connectivity index (χ1) is 11.9. The molecule has 4 N–H and O–H groups in total. The van der Waals surface area contributed by atoms with Crippen molar-refractivity contribution in [3.05, 3.63) is 26.6 Å². The Hall–Kier alpha value is -1.24. The first kappa shape index (κ1) is 17.2. The highest BCUT2D eigenvalue weighted by atomic mass is 32.1. The number of piperazine rings is 1. The van der Waals surface area contributed by atoms with Crippen molar-refractivity contribution < 1.29 is 10.2 Å². The number of nitrogens with one attached hydrogen (secondary N) is 2. The Morgan fingerprint density at radius 2 is 2.08 bits per heavy atom. The molecule has 0 spiro atoms. The minimum atomic E-state index is 0.0784. The zero-order valence-electron chi connectivity index (χ0n) is 15.6. The Morgan fingerprint density at radius 1 is 1.32 bits per heavy atom. The van der Waals surface area contributed by atoms with Gasteiger partial charge in [0.1, 0.15) is 37.6 Å². The lowest BCUT2D eigenvalue weighted by Gasteiger charge is -2.33. The van der Waals surface area contributed by atoms with Gasteiger partial charge in [0.05, 0.1) is 5.39 Å². The minimum absolute atomic E-state index is 0.0784. The molecule has 25 heavy (non-hydrogen) atoms. The fraction of sp³-hybridized carbons (Fsp3) is 0.684. The summed E-state index contributed by atoms with van der Waals surface area (Å²) in [6.45, 7) is 12.5. The lowest BCUT2D eigenvalue weighted by Crippen LogP contribution is -3.19. The van der Waals surface area contributed by atoms with Crippen LogP contribution < -0.4 is 15.8 Å². The molecule has 0 saturated carbocycles. The molecule has 2 aromatic heterocycles. The highest BCUT2D eigenvalue weighted by molar-refractivity contribution is 7.18. The fourth-order valence-corrected chi connectivity index (χ4v) is 5.67. The topological polar surface area (TPSA) is 66.8 Å². The summed E-state index contributed by atoms with van der Waals surface area (Å²) in [7, 11) is 0. The Labute approximate surface area is 152 Å². The van der Waals surface area contributed by atoms with Gasteiger partial charge in [-0.3, -0.25) is 4.79 Å². The summed E-state index contributed by atoms with van der Waals surface area (Å²) >= 11 is 1.76. The van der Waals surface area contributed by atoms with Gasteiger partial charge in [-0.2, -0.15) is 0 Å². The number of hydrogen-bond donors (Lipinski definition) is 3. The van der Waals surface area contributed by atoms with Crippen molar-refractivity contribution in [1.82, 2.24) is 9.97 Å². The van der Waals surface area contributed by atoms with E-state index in [1.165, 1.54) is 34.9 Å². The van der Waals surface area contributed by atoms with Crippen molar-refractivity contribution in [1.29, 1.82) is 0 Å². The first-order valence-corrected chi connectivity index (χ1v) is 10.4. The molecule has 1 atom stereocenters. The van der Waals surface area contributed by atoms with Crippen molar-refractivity contribution in [3.63, 3.8) is 0 Å². The standard InChI is InChI=1S/C19H28N4OS/c1-19(2,3)12-4-5-13-14(10-12)25-18-16(13)17(24)21-15(22-18)11-23-8-6-20-7-9-23/h12,20H,4-11H2,1-3H3,(H,21,22,24)/p+2/t12-/m1/s1. The van der Waals surface area contributed by atoms with Crippen LogP contribution >= 0.6 is 11.3 Å². The SMILES string of the molecule is CC(C)(C)[C@@H]1CCc2c(sc3nc(C[NH+]4CC[NH2+]CC4)[nH]c(=O)c23)C1. The van der Waals surface area contributed by atoms with Crippen LogP contribution in [0.1, 0.15) is 43.5 Å². The van der Waals surface area contributed by atoms with Gasteiger partial charge in [0, 0.05) is 4.88 Å². The van der Waals surface area contributed by atoms with E-state index >= 15 is 0 Å². The molecule has 0 unspecified atom stereocenters. The molecule has 3 heterocycles. The Balaban J connectivity index is 1.65. The van der Waals surface area contributed by atoms with Gasteiger partial charge in [0.2, 0.25) is 0 Å². The van der Waals surface area contributed by atoms with E-state index in [-0.39, 0.29) is 5.56 Å². The molecular formula is C19H30N4OS+2. The average Bonchev–Trinajstić information content (AvgIpc) is 2.92. The molecule has 1 fully saturated rings. The summed E-state index contributed by atoms with van der Waals surface area (Å²) in [5.74, 6) is 1.56. The second-order valence-corrected chi connectivity index (χ2v) is 9.88. The smallest absolute Gasteiger partial charge is 0.260 e. The van der Waals surface area contributed by atoms with Gasteiger partial charge in [-0.05, 0) is 36.2 Å². The van der Waals surface area contributed by atoms with Crippen molar-refractivity contribution in [2.45, 2.75) is 46.6 Å². The van der Waals surface area contributed by atoms with Gasteiger partial charge in [-0.15, -0.1) is 11.3 Å². The number of quaternary nitrogens is 2. The Morgan fingerprint density at radius 3 is 2.80 bits per heavy atom. The zero-order chi connectivity index (χ0) is 17.6. The van der Waals surface area contributed by atoms with Crippen LogP contribution in [0.25, 0.3) is 10.2 Å².